The molecule has 0 aliphatic heterocycles. The summed E-state index contributed by atoms with van der Waals surface area (Å²) in [6.07, 6.45) is -0.472. The van der Waals surface area contributed by atoms with E-state index in [1.807, 2.05) is 19.1 Å². The molecule has 0 amide bonds. The van der Waals surface area contributed by atoms with E-state index in [0.717, 1.165) is 5.56 Å². The number of benzene rings is 1. The first kappa shape index (κ1) is 24.5. The van der Waals surface area contributed by atoms with E-state index in [1.54, 1.807) is 19.1 Å². The Hall–Kier alpha value is -2.17. The minimum Gasteiger partial charge on any atom is -0.468 e. The van der Waals surface area contributed by atoms with E-state index >= 15 is 0 Å². The van der Waals surface area contributed by atoms with Gasteiger partial charge in [0.05, 0.1) is 18.1 Å². The van der Waals surface area contributed by atoms with Crippen molar-refractivity contribution in [1.29, 1.82) is 0 Å². The van der Waals surface area contributed by atoms with Gasteiger partial charge in [0.1, 0.15) is 11.5 Å². The Kier molecular flexibility index (Phi) is 6.36. The lowest BCUT2D eigenvalue weighted by Gasteiger charge is -2.55. The van der Waals surface area contributed by atoms with Gasteiger partial charge in [-0.15, -0.1) is 0 Å². The summed E-state index contributed by atoms with van der Waals surface area (Å²) in [5.41, 5.74) is -3.04. The van der Waals surface area contributed by atoms with Crippen molar-refractivity contribution in [3.05, 3.63) is 35.4 Å². The zero-order chi connectivity index (χ0) is 24.1. The number of methoxy groups -OCH3 is 2. The van der Waals surface area contributed by atoms with Gasteiger partial charge in [0.2, 0.25) is 5.60 Å². The Balaban J connectivity index is 2.45. The van der Waals surface area contributed by atoms with Gasteiger partial charge in [-0.1, -0.05) is 53.8 Å². The molecular weight excluding hydrogens is 531 g/mol. The average molecular weight is 558 g/mol. The average Bonchev–Trinajstić information content (AvgIpc) is 2.95. The van der Waals surface area contributed by atoms with Crippen LogP contribution in [-0.4, -0.2) is 48.1 Å². The quantitative estimate of drug-likeness (QED) is 0.241. The molecule has 3 rings (SSSR count). The van der Waals surface area contributed by atoms with E-state index in [2.05, 4.69) is 22.6 Å². The third-order valence-electron chi connectivity index (χ3n) is 6.84. The predicted molar refractivity (Wildman–Crippen MR) is 121 cm³/mol. The maximum Gasteiger partial charge on any atom is 0.355 e. The van der Waals surface area contributed by atoms with E-state index < -0.39 is 52.3 Å². The van der Waals surface area contributed by atoms with Crippen molar-refractivity contribution < 1.29 is 38.1 Å². The highest BCUT2D eigenvalue weighted by Gasteiger charge is 2.77. The van der Waals surface area contributed by atoms with Gasteiger partial charge in [-0.25, -0.2) is 4.79 Å². The van der Waals surface area contributed by atoms with Crippen LogP contribution in [0.5, 0.6) is 0 Å². The lowest BCUT2D eigenvalue weighted by molar-refractivity contribution is -0.220. The van der Waals surface area contributed by atoms with Crippen molar-refractivity contribution in [2.75, 3.05) is 14.2 Å². The smallest absolute Gasteiger partial charge is 0.355 e. The topological polar surface area (TPSA) is 105 Å². The van der Waals surface area contributed by atoms with Crippen molar-refractivity contribution in [2.45, 2.75) is 55.2 Å². The number of hydrogen-bond donors (Lipinski definition) is 0. The Labute approximate surface area is 200 Å². The highest BCUT2D eigenvalue weighted by atomic mass is 127. The summed E-state index contributed by atoms with van der Waals surface area (Å²) in [4.78, 5) is 51.3. The van der Waals surface area contributed by atoms with E-state index in [-0.39, 0.29) is 3.92 Å². The maximum atomic E-state index is 13.5. The second-order valence-electron chi connectivity index (χ2n) is 8.74. The van der Waals surface area contributed by atoms with Crippen molar-refractivity contribution in [2.24, 2.45) is 11.3 Å². The number of fused-ring (bicyclic) bond motifs is 3. The summed E-state index contributed by atoms with van der Waals surface area (Å²) >= 11 is 2.17. The maximum absolute atomic E-state index is 13.5. The van der Waals surface area contributed by atoms with Gasteiger partial charge >= 0.3 is 23.9 Å². The van der Waals surface area contributed by atoms with E-state index in [4.69, 9.17) is 18.9 Å². The minimum atomic E-state index is -1.93. The van der Waals surface area contributed by atoms with Crippen LogP contribution in [0, 0.1) is 11.3 Å². The molecule has 9 heteroatoms. The number of halogens is 1. The summed E-state index contributed by atoms with van der Waals surface area (Å²) in [6.45, 7) is 6.00. The number of alkyl halides is 1. The van der Waals surface area contributed by atoms with Gasteiger partial charge in [-0.3, -0.25) is 14.4 Å². The van der Waals surface area contributed by atoms with Gasteiger partial charge in [-0.2, -0.15) is 0 Å². The molecule has 0 heterocycles. The lowest BCUT2D eigenvalue weighted by atomic mass is 9.51. The van der Waals surface area contributed by atoms with Gasteiger partial charge in [0.15, 0.2) is 0 Å². The second kappa shape index (κ2) is 8.31. The standard InChI is InChI=1S/C23H27IO8/c1-12(25)31-17-16(24)11-21(3)14-9-7-8-10-15(14)23(20(28)30-6,32-13(2)26)18(21)22(17,4)19(27)29-5/h7-10,16-18H,11H2,1-6H3. The predicted octanol–water partition coefficient (Wildman–Crippen LogP) is 2.82. The number of esters is 4. The number of ether oxygens (including phenoxy) is 4. The molecule has 0 radical (unpaired) electrons. The van der Waals surface area contributed by atoms with Crippen LogP contribution >= 0.6 is 22.6 Å². The summed E-state index contributed by atoms with van der Waals surface area (Å²) in [5, 5.41) is 0. The van der Waals surface area contributed by atoms with Crippen molar-refractivity contribution >= 4 is 46.5 Å². The number of rotatable bonds is 4. The third-order valence-corrected chi connectivity index (χ3v) is 7.93. The van der Waals surface area contributed by atoms with Gasteiger partial charge in [0.25, 0.3) is 0 Å². The summed E-state index contributed by atoms with van der Waals surface area (Å²) in [7, 11) is 2.44. The number of carbonyl (C=O) groups is 4. The molecule has 1 aromatic rings. The highest BCUT2D eigenvalue weighted by molar-refractivity contribution is 14.1. The van der Waals surface area contributed by atoms with Crippen molar-refractivity contribution in [3.63, 3.8) is 0 Å². The SMILES string of the molecule is COC(=O)C1(OC(C)=O)c2ccccc2C2(C)CC(I)C(OC(C)=O)C(C)(C(=O)OC)C21. The molecule has 1 fully saturated rings. The Bertz CT molecular complexity index is 976. The Morgan fingerprint density at radius 3 is 2.00 bits per heavy atom. The van der Waals surface area contributed by atoms with Crippen LogP contribution in [0.1, 0.15) is 45.2 Å². The molecule has 0 N–H and O–H groups in total. The van der Waals surface area contributed by atoms with Crippen LogP contribution in [0.3, 0.4) is 0 Å². The van der Waals surface area contributed by atoms with E-state index in [0.29, 0.717) is 12.0 Å². The summed E-state index contributed by atoms with van der Waals surface area (Å²) < 4.78 is 21.6. The fraction of sp³-hybridized carbons (Fsp3) is 0.565. The second-order valence-corrected chi connectivity index (χ2v) is 10.3. The first-order valence-electron chi connectivity index (χ1n) is 10.2. The number of hydrogen-bond acceptors (Lipinski definition) is 8. The zero-order valence-electron chi connectivity index (χ0n) is 18.9. The Morgan fingerprint density at radius 1 is 0.938 bits per heavy atom. The summed E-state index contributed by atoms with van der Waals surface area (Å²) in [5.74, 6) is -3.71. The van der Waals surface area contributed by atoms with Crippen LogP contribution in [-0.2, 0) is 49.1 Å². The molecule has 0 spiro atoms. The minimum absolute atomic E-state index is 0.291. The van der Waals surface area contributed by atoms with Crippen LogP contribution in [0.2, 0.25) is 0 Å². The first-order chi connectivity index (χ1) is 14.9. The molecule has 2 aliphatic carbocycles. The largest absolute Gasteiger partial charge is 0.468 e. The van der Waals surface area contributed by atoms with E-state index in [9.17, 15) is 19.2 Å². The van der Waals surface area contributed by atoms with Crippen molar-refractivity contribution in [3.8, 4) is 0 Å². The molecule has 1 saturated carbocycles. The fourth-order valence-electron chi connectivity index (χ4n) is 6.02. The van der Waals surface area contributed by atoms with Crippen LogP contribution in [0.4, 0.5) is 0 Å². The molecule has 0 saturated heterocycles. The van der Waals surface area contributed by atoms with Gasteiger partial charge in [0, 0.05) is 30.7 Å². The normalized spacial score (nSPS) is 35.2. The lowest BCUT2D eigenvalue weighted by Crippen LogP contribution is -2.67. The molecule has 6 unspecified atom stereocenters. The van der Waals surface area contributed by atoms with Gasteiger partial charge in [-0.05, 0) is 18.9 Å². The zero-order valence-corrected chi connectivity index (χ0v) is 21.1. The Morgan fingerprint density at radius 2 is 1.50 bits per heavy atom. The fourth-order valence-corrected chi connectivity index (χ4v) is 7.83. The molecule has 0 bridgehead atoms. The molecule has 6 atom stereocenters. The molecule has 32 heavy (non-hydrogen) atoms. The molecule has 0 aromatic heterocycles. The molecule has 2 aliphatic rings. The monoisotopic (exact) mass is 558 g/mol. The summed E-state index contributed by atoms with van der Waals surface area (Å²) in [6, 6.07) is 7.14. The molecule has 8 nitrogen and oxygen atoms in total. The molecule has 174 valence electrons. The van der Waals surface area contributed by atoms with Crippen LogP contribution < -0.4 is 0 Å². The number of carbonyl (C=O) groups excluding carboxylic acids is 4. The van der Waals surface area contributed by atoms with Crippen LogP contribution in [0.15, 0.2) is 24.3 Å². The van der Waals surface area contributed by atoms with Gasteiger partial charge < -0.3 is 18.9 Å². The third kappa shape index (κ3) is 3.22. The van der Waals surface area contributed by atoms with Crippen LogP contribution in [0.25, 0.3) is 0 Å². The van der Waals surface area contributed by atoms with Crippen molar-refractivity contribution in [1.82, 2.24) is 0 Å². The molecule has 1 aromatic carbocycles. The molecular formula is C23H27IO8. The first-order valence-corrected chi connectivity index (χ1v) is 11.4. The highest BCUT2D eigenvalue weighted by Crippen LogP contribution is 2.67. The van der Waals surface area contributed by atoms with E-state index in [1.165, 1.54) is 28.1 Å².